The third-order valence-corrected chi connectivity index (χ3v) is 2.70. The van der Waals surface area contributed by atoms with E-state index in [4.69, 9.17) is 15.9 Å². The number of hydrogen-bond acceptors (Lipinski definition) is 4. The minimum Gasteiger partial charge on any atom is -0.468 e. The molecule has 0 aliphatic heterocycles. The molecule has 0 spiro atoms. The molecule has 1 unspecified atom stereocenters. The van der Waals surface area contributed by atoms with Crippen LogP contribution >= 0.6 is 0 Å². The lowest BCUT2D eigenvalue weighted by molar-refractivity contribution is -0.152. The Bertz CT molecular complexity index is 267. The first-order valence-electron chi connectivity index (χ1n) is 4.97. The summed E-state index contributed by atoms with van der Waals surface area (Å²) >= 11 is 0. The number of ether oxygens (including phenoxy) is 2. The predicted octanol–water partition coefficient (Wildman–Crippen LogP) is 0.177. The van der Waals surface area contributed by atoms with E-state index in [1.54, 1.807) is 7.11 Å². The summed E-state index contributed by atoms with van der Waals surface area (Å²) in [6.45, 7) is 0.640. The molecule has 1 N–H and O–H groups in total. The van der Waals surface area contributed by atoms with Crippen LogP contribution in [0.4, 0.5) is 0 Å². The molecule has 0 aromatic carbocycles. The van der Waals surface area contributed by atoms with Crippen LogP contribution < -0.4 is 5.32 Å². The van der Waals surface area contributed by atoms with Gasteiger partial charge in [-0.2, -0.15) is 0 Å². The zero-order valence-electron chi connectivity index (χ0n) is 9.21. The highest BCUT2D eigenvalue weighted by Crippen LogP contribution is 2.40. The smallest absolute Gasteiger partial charge is 0.328 e. The van der Waals surface area contributed by atoms with Gasteiger partial charge in [-0.1, -0.05) is 5.92 Å². The topological polar surface area (TPSA) is 47.6 Å². The van der Waals surface area contributed by atoms with Crippen LogP contribution in [0.25, 0.3) is 0 Å². The summed E-state index contributed by atoms with van der Waals surface area (Å²) in [6.07, 6.45) is 7.21. The minimum absolute atomic E-state index is 0.276. The Morgan fingerprint density at radius 1 is 1.60 bits per heavy atom. The van der Waals surface area contributed by atoms with E-state index in [0.717, 1.165) is 12.8 Å². The van der Waals surface area contributed by atoms with Gasteiger partial charge in [0.05, 0.1) is 20.3 Å². The van der Waals surface area contributed by atoms with E-state index in [1.807, 2.05) is 0 Å². The molecule has 1 aliphatic carbocycles. The molecule has 0 bridgehead atoms. The molecule has 1 atom stereocenters. The second-order valence-corrected chi connectivity index (χ2v) is 3.73. The fourth-order valence-electron chi connectivity index (χ4n) is 1.81. The van der Waals surface area contributed by atoms with E-state index in [9.17, 15) is 4.79 Å². The van der Waals surface area contributed by atoms with E-state index in [1.165, 1.54) is 7.11 Å². The van der Waals surface area contributed by atoms with E-state index in [-0.39, 0.29) is 11.9 Å². The van der Waals surface area contributed by atoms with Crippen molar-refractivity contribution in [2.24, 2.45) is 5.92 Å². The summed E-state index contributed by atoms with van der Waals surface area (Å²) in [5.41, 5.74) is -0.754. The van der Waals surface area contributed by atoms with Crippen molar-refractivity contribution in [1.29, 1.82) is 0 Å². The minimum atomic E-state index is -0.754. The Balaban J connectivity index is 2.78. The van der Waals surface area contributed by atoms with Gasteiger partial charge in [0, 0.05) is 7.11 Å². The largest absolute Gasteiger partial charge is 0.468 e. The van der Waals surface area contributed by atoms with Crippen molar-refractivity contribution in [2.45, 2.75) is 18.4 Å². The second kappa shape index (κ2) is 5.15. The van der Waals surface area contributed by atoms with Crippen molar-refractivity contribution < 1.29 is 14.3 Å². The van der Waals surface area contributed by atoms with Gasteiger partial charge in [-0.05, 0) is 18.8 Å². The Hall–Kier alpha value is -1.05. The van der Waals surface area contributed by atoms with E-state index < -0.39 is 5.54 Å². The normalized spacial score (nSPS) is 19.0. The Kier molecular flexibility index (Phi) is 4.13. The number of esters is 1. The molecule has 4 nitrogen and oxygen atoms in total. The predicted molar refractivity (Wildman–Crippen MR) is 56.2 cm³/mol. The standard InChI is InChI=1S/C11H17NO3/c1-4-7-12-11(8-14-2,9-5-6-9)10(13)15-3/h1,9,12H,5-8H2,2-3H3. The van der Waals surface area contributed by atoms with Gasteiger partial charge in [-0.15, -0.1) is 6.42 Å². The SMILES string of the molecule is C#CCNC(COC)(C(=O)OC)C1CC1. The molecule has 1 rings (SSSR count). The van der Waals surface area contributed by atoms with Crippen molar-refractivity contribution in [3.8, 4) is 12.3 Å². The van der Waals surface area contributed by atoms with Crippen LogP contribution in [0.3, 0.4) is 0 Å². The molecule has 0 amide bonds. The maximum absolute atomic E-state index is 11.8. The van der Waals surface area contributed by atoms with Crippen LogP contribution in [0.5, 0.6) is 0 Å². The summed E-state index contributed by atoms with van der Waals surface area (Å²) in [5.74, 6) is 2.45. The molecule has 0 heterocycles. The Morgan fingerprint density at radius 3 is 2.67 bits per heavy atom. The third-order valence-electron chi connectivity index (χ3n) is 2.70. The van der Waals surface area contributed by atoms with Gasteiger partial charge in [0.1, 0.15) is 5.54 Å². The van der Waals surface area contributed by atoms with Crippen LogP contribution in [-0.2, 0) is 14.3 Å². The number of hydrogen-bond donors (Lipinski definition) is 1. The lowest BCUT2D eigenvalue weighted by atomic mass is 9.94. The van der Waals surface area contributed by atoms with Crippen LogP contribution in [-0.4, -0.2) is 38.9 Å². The van der Waals surface area contributed by atoms with Crippen LogP contribution in [0.2, 0.25) is 0 Å². The zero-order valence-corrected chi connectivity index (χ0v) is 9.21. The highest BCUT2D eigenvalue weighted by molar-refractivity contribution is 5.82. The van der Waals surface area contributed by atoms with Crippen LogP contribution in [0.1, 0.15) is 12.8 Å². The molecule has 0 saturated heterocycles. The molecular formula is C11H17NO3. The van der Waals surface area contributed by atoms with Gasteiger partial charge in [0.2, 0.25) is 0 Å². The second-order valence-electron chi connectivity index (χ2n) is 3.73. The van der Waals surface area contributed by atoms with E-state index >= 15 is 0 Å². The number of rotatable bonds is 6. The Labute approximate surface area is 90.3 Å². The van der Waals surface area contributed by atoms with Gasteiger partial charge in [-0.3, -0.25) is 5.32 Å². The first kappa shape index (κ1) is 12.0. The van der Waals surface area contributed by atoms with Gasteiger partial charge in [-0.25, -0.2) is 4.79 Å². The summed E-state index contributed by atoms with van der Waals surface area (Å²) in [7, 11) is 2.95. The van der Waals surface area contributed by atoms with Crippen molar-refractivity contribution in [1.82, 2.24) is 5.32 Å². The van der Waals surface area contributed by atoms with Crippen LogP contribution in [0.15, 0.2) is 0 Å². The number of nitrogens with one attached hydrogen (secondary N) is 1. The molecular weight excluding hydrogens is 194 g/mol. The van der Waals surface area contributed by atoms with Crippen LogP contribution in [0, 0.1) is 18.3 Å². The number of carbonyl (C=O) groups excluding carboxylic acids is 1. The summed E-state index contributed by atoms with van der Waals surface area (Å²) < 4.78 is 9.91. The Morgan fingerprint density at radius 2 is 2.27 bits per heavy atom. The highest BCUT2D eigenvalue weighted by atomic mass is 16.5. The first-order chi connectivity index (χ1) is 7.21. The maximum atomic E-state index is 11.8. The number of terminal acetylenes is 1. The molecule has 84 valence electrons. The molecule has 0 aromatic rings. The van der Waals surface area contributed by atoms with E-state index in [2.05, 4.69) is 11.2 Å². The summed E-state index contributed by atoms with van der Waals surface area (Å²) in [4.78, 5) is 11.8. The molecule has 1 fully saturated rings. The maximum Gasteiger partial charge on any atom is 0.328 e. The summed E-state index contributed by atoms with van der Waals surface area (Å²) in [5, 5.41) is 3.06. The fraction of sp³-hybridized carbons (Fsp3) is 0.727. The summed E-state index contributed by atoms with van der Waals surface area (Å²) in [6, 6.07) is 0. The fourth-order valence-corrected chi connectivity index (χ4v) is 1.81. The van der Waals surface area contributed by atoms with Crippen molar-refractivity contribution in [2.75, 3.05) is 27.4 Å². The molecule has 15 heavy (non-hydrogen) atoms. The van der Waals surface area contributed by atoms with Gasteiger partial charge < -0.3 is 9.47 Å². The van der Waals surface area contributed by atoms with Gasteiger partial charge in [0.15, 0.2) is 0 Å². The average molecular weight is 211 g/mol. The number of methoxy groups -OCH3 is 2. The lowest BCUT2D eigenvalue weighted by Gasteiger charge is -2.30. The van der Waals surface area contributed by atoms with Crippen molar-refractivity contribution in [3.63, 3.8) is 0 Å². The van der Waals surface area contributed by atoms with Gasteiger partial charge in [0.25, 0.3) is 0 Å². The first-order valence-corrected chi connectivity index (χ1v) is 4.97. The van der Waals surface area contributed by atoms with Gasteiger partial charge >= 0.3 is 5.97 Å². The molecule has 4 heteroatoms. The lowest BCUT2D eigenvalue weighted by Crippen LogP contribution is -2.58. The number of carbonyl (C=O) groups is 1. The highest BCUT2D eigenvalue weighted by Gasteiger charge is 2.51. The molecule has 0 radical (unpaired) electrons. The zero-order chi connectivity index (χ0) is 11.3. The molecule has 1 aliphatic rings. The van der Waals surface area contributed by atoms with Crippen molar-refractivity contribution >= 4 is 5.97 Å². The molecule has 0 aromatic heterocycles. The third kappa shape index (κ3) is 2.49. The molecule has 1 saturated carbocycles. The quantitative estimate of drug-likeness (QED) is 0.503. The monoisotopic (exact) mass is 211 g/mol. The van der Waals surface area contributed by atoms with E-state index in [0.29, 0.717) is 13.2 Å². The average Bonchev–Trinajstić information content (AvgIpc) is 3.07. The van der Waals surface area contributed by atoms with Crippen molar-refractivity contribution in [3.05, 3.63) is 0 Å².